The highest BCUT2D eigenvalue weighted by Gasteiger charge is 2.07. The monoisotopic (exact) mass is 375 g/mol. The number of hydrogen-bond acceptors (Lipinski definition) is 3. The van der Waals surface area contributed by atoms with Crippen molar-refractivity contribution >= 4 is 22.3 Å². The van der Waals surface area contributed by atoms with E-state index >= 15 is 0 Å². The van der Waals surface area contributed by atoms with E-state index in [0.717, 1.165) is 31.4 Å². The van der Waals surface area contributed by atoms with Gasteiger partial charge < -0.3 is 10.6 Å². The molecule has 0 fully saturated rings. The number of fused-ring (bicyclic) bond motifs is 1. The molecule has 0 atom stereocenters. The number of nitrogens with zero attached hydrogens (tertiary/aromatic N) is 1. The summed E-state index contributed by atoms with van der Waals surface area (Å²) < 4.78 is 0. The molecule has 2 aliphatic rings. The zero-order valence-electron chi connectivity index (χ0n) is 17.0. The van der Waals surface area contributed by atoms with Gasteiger partial charge in [0.2, 0.25) is 0 Å². The predicted molar refractivity (Wildman–Crippen MR) is 121 cm³/mol. The third kappa shape index (κ3) is 5.15. The van der Waals surface area contributed by atoms with E-state index in [1.54, 1.807) is 11.1 Å². The van der Waals surface area contributed by atoms with Crippen molar-refractivity contribution in [2.75, 3.05) is 23.7 Å². The largest absolute Gasteiger partial charge is 0.385 e. The summed E-state index contributed by atoms with van der Waals surface area (Å²) in [5, 5.41) is 8.48. The molecule has 2 aromatic rings. The molecule has 0 saturated carbocycles. The molecule has 0 spiro atoms. The van der Waals surface area contributed by atoms with Crippen LogP contribution < -0.4 is 10.6 Å². The number of nitrogens with one attached hydrogen (secondary N) is 2. The third-order valence-corrected chi connectivity index (χ3v) is 6.05. The number of hydrogen-bond donors (Lipinski definition) is 2. The first-order valence-corrected chi connectivity index (χ1v) is 11.1. The number of pyridine rings is 1. The molecule has 0 aliphatic heterocycles. The number of aromatic nitrogens is 1. The Morgan fingerprint density at radius 3 is 2.18 bits per heavy atom. The van der Waals surface area contributed by atoms with Gasteiger partial charge in [0, 0.05) is 36.0 Å². The summed E-state index contributed by atoms with van der Waals surface area (Å²) in [6.07, 6.45) is 19.6. The van der Waals surface area contributed by atoms with Crippen LogP contribution >= 0.6 is 0 Å². The maximum Gasteiger partial charge on any atom is 0.0724 e. The number of anilines is 2. The minimum absolute atomic E-state index is 0.997. The van der Waals surface area contributed by atoms with Crippen LogP contribution in [0.1, 0.15) is 64.2 Å². The molecule has 0 radical (unpaired) electrons. The molecule has 1 aromatic heterocycles. The molecule has 4 rings (SSSR count). The van der Waals surface area contributed by atoms with E-state index in [1.165, 1.54) is 68.1 Å². The zero-order valence-corrected chi connectivity index (χ0v) is 17.0. The average molecular weight is 376 g/mol. The predicted octanol–water partition coefficient (Wildman–Crippen LogP) is 6.84. The van der Waals surface area contributed by atoms with Crippen LogP contribution in [0.2, 0.25) is 0 Å². The Hall–Kier alpha value is -2.29. The fraction of sp³-hybridized carbons (Fsp3) is 0.480. The topological polar surface area (TPSA) is 37.0 Å². The molecule has 148 valence electrons. The van der Waals surface area contributed by atoms with Crippen LogP contribution in [0.5, 0.6) is 0 Å². The van der Waals surface area contributed by atoms with Crippen LogP contribution in [0.3, 0.4) is 0 Å². The smallest absolute Gasteiger partial charge is 0.0724 e. The van der Waals surface area contributed by atoms with Gasteiger partial charge in [-0.1, -0.05) is 23.3 Å². The SMILES string of the molecule is C1=C(CCNc2ccc3nccc(NCCC4=CCCCC4)c3c2)CCCC1. The van der Waals surface area contributed by atoms with Crippen molar-refractivity contribution in [1.29, 1.82) is 0 Å². The van der Waals surface area contributed by atoms with Crippen molar-refractivity contribution < 1.29 is 0 Å². The molecule has 3 nitrogen and oxygen atoms in total. The highest BCUT2D eigenvalue weighted by Crippen LogP contribution is 2.26. The summed E-state index contributed by atoms with van der Waals surface area (Å²) in [5.74, 6) is 0. The summed E-state index contributed by atoms with van der Waals surface area (Å²) in [6, 6.07) is 8.64. The van der Waals surface area contributed by atoms with Gasteiger partial charge in [-0.15, -0.1) is 0 Å². The van der Waals surface area contributed by atoms with Gasteiger partial charge in [0.15, 0.2) is 0 Å². The van der Waals surface area contributed by atoms with Crippen LogP contribution in [-0.4, -0.2) is 18.1 Å². The zero-order chi connectivity index (χ0) is 19.0. The lowest BCUT2D eigenvalue weighted by Gasteiger charge is -2.15. The van der Waals surface area contributed by atoms with E-state index in [1.807, 2.05) is 6.20 Å². The van der Waals surface area contributed by atoms with Crippen LogP contribution in [0, 0.1) is 0 Å². The Bertz CT molecular complexity index is 850. The van der Waals surface area contributed by atoms with Crippen molar-refractivity contribution in [3.8, 4) is 0 Å². The lowest BCUT2D eigenvalue weighted by molar-refractivity contribution is 0.679. The second-order valence-corrected chi connectivity index (χ2v) is 8.16. The van der Waals surface area contributed by atoms with Crippen LogP contribution in [0.25, 0.3) is 10.9 Å². The summed E-state index contributed by atoms with van der Waals surface area (Å²) in [5.41, 5.74) is 6.69. The summed E-state index contributed by atoms with van der Waals surface area (Å²) in [4.78, 5) is 4.55. The molecular weight excluding hydrogens is 342 g/mol. The van der Waals surface area contributed by atoms with Crippen molar-refractivity contribution in [2.24, 2.45) is 0 Å². The van der Waals surface area contributed by atoms with E-state index in [9.17, 15) is 0 Å². The van der Waals surface area contributed by atoms with E-state index in [0.29, 0.717) is 0 Å². The molecule has 28 heavy (non-hydrogen) atoms. The minimum Gasteiger partial charge on any atom is -0.385 e. The van der Waals surface area contributed by atoms with Crippen molar-refractivity contribution in [3.05, 3.63) is 53.8 Å². The first kappa shape index (κ1) is 19.0. The van der Waals surface area contributed by atoms with E-state index < -0.39 is 0 Å². The van der Waals surface area contributed by atoms with Gasteiger partial charge in [0.25, 0.3) is 0 Å². The Balaban J connectivity index is 1.37. The highest BCUT2D eigenvalue weighted by atomic mass is 14.9. The molecule has 0 unspecified atom stereocenters. The highest BCUT2D eigenvalue weighted by molar-refractivity contribution is 5.93. The molecule has 2 N–H and O–H groups in total. The lowest BCUT2D eigenvalue weighted by Crippen LogP contribution is -2.06. The molecule has 0 amide bonds. The fourth-order valence-electron chi connectivity index (χ4n) is 4.40. The van der Waals surface area contributed by atoms with Crippen LogP contribution in [0.4, 0.5) is 11.4 Å². The van der Waals surface area contributed by atoms with Crippen molar-refractivity contribution in [1.82, 2.24) is 4.98 Å². The van der Waals surface area contributed by atoms with Gasteiger partial charge in [-0.3, -0.25) is 4.98 Å². The van der Waals surface area contributed by atoms with Crippen LogP contribution in [-0.2, 0) is 0 Å². The van der Waals surface area contributed by atoms with Gasteiger partial charge in [0.1, 0.15) is 0 Å². The number of rotatable bonds is 8. The molecule has 3 heteroatoms. The van der Waals surface area contributed by atoms with Gasteiger partial charge in [-0.05, 0) is 88.5 Å². The second-order valence-electron chi connectivity index (χ2n) is 8.16. The maximum absolute atomic E-state index is 4.55. The Labute approximate surface area is 169 Å². The fourth-order valence-corrected chi connectivity index (χ4v) is 4.40. The molecular formula is C25H33N3. The van der Waals surface area contributed by atoms with E-state index in [4.69, 9.17) is 0 Å². The Morgan fingerprint density at radius 1 is 0.786 bits per heavy atom. The molecule has 1 heterocycles. The molecule has 1 aromatic carbocycles. The van der Waals surface area contributed by atoms with E-state index in [-0.39, 0.29) is 0 Å². The van der Waals surface area contributed by atoms with E-state index in [2.05, 4.69) is 52.0 Å². The molecule has 0 bridgehead atoms. The average Bonchev–Trinajstić information content (AvgIpc) is 2.75. The molecule has 0 saturated heterocycles. The third-order valence-electron chi connectivity index (χ3n) is 6.05. The maximum atomic E-state index is 4.55. The second kappa shape index (κ2) is 9.77. The summed E-state index contributed by atoms with van der Waals surface area (Å²) >= 11 is 0. The first-order chi connectivity index (χ1) is 13.9. The van der Waals surface area contributed by atoms with Gasteiger partial charge in [0.05, 0.1) is 5.52 Å². The normalized spacial score (nSPS) is 17.1. The minimum atomic E-state index is 0.997. The van der Waals surface area contributed by atoms with Crippen molar-refractivity contribution in [2.45, 2.75) is 64.2 Å². The van der Waals surface area contributed by atoms with Crippen molar-refractivity contribution in [3.63, 3.8) is 0 Å². The number of benzene rings is 1. The number of allylic oxidation sites excluding steroid dienone is 2. The summed E-state index contributed by atoms with van der Waals surface area (Å²) in [7, 11) is 0. The lowest BCUT2D eigenvalue weighted by atomic mass is 9.97. The van der Waals surface area contributed by atoms with Gasteiger partial charge >= 0.3 is 0 Å². The standard InChI is InChI=1S/C25H33N3/c1-3-7-20(8-4-1)13-16-26-22-11-12-24-23(19-22)25(15-18-28-24)27-17-14-21-9-5-2-6-10-21/h7,9,11-12,15,18-19,26H,1-6,8,10,13-14,16-17H2,(H,27,28). The van der Waals surface area contributed by atoms with Gasteiger partial charge in [-0.25, -0.2) is 0 Å². The Kier molecular flexibility index (Phi) is 6.64. The molecule has 2 aliphatic carbocycles. The van der Waals surface area contributed by atoms with Crippen LogP contribution in [0.15, 0.2) is 53.8 Å². The van der Waals surface area contributed by atoms with Gasteiger partial charge in [-0.2, -0.15) is 0 Å². The first-order valence-electron chi connectivity index (χ1n) is 11.1. The summed E-state index contributed by atoms with van der Waals surface area (Å²) in [6.45, 7) is 2.01. The quantitative estimate of drug-likeness (QED) is 0.496. The Morgan fingerprint density at radius 2 is 1.50 bits per heavy atom.